The fraction of sp³-hybridized carbons (Fsp3) is 0. The zero-order valence-corrected chi connectivity index (χ0v) is 21.2. The molecule has 0 saturated carbocycles. The Morgan fingerprint density at radius 3 is 2.17 bits per heavy atom. The molecule has 0 unspecified atom stereocenters. The van der Waals surface area contributed by atoms with Gasteiger partial charge in [-0.15, -0.1) is 0 Å². The van der Waals surface area contributed by atoms with E-state index in [9.17, 15) is 4.79 Å². The van der Waals surface area contributed by atoms with Crippen LogP contribution in [0.3, 0.4) is 0 Å². The summed E-state index contributed by atoms with van der Waals surface area (Å²) in [5, 5.41) is 6.07. The van der Waals surface area contributed by atoms with Crippen molar-refractivity contribution < 1.29 is 0 Å². The molecule has 0 radical (unpaired) electrons. The first-order chi connectivity index (χ1) is 17.6. The Balaban J connectivity index is 1.69. The Morgan fingerprint density at radius 1 is 0.750 bits per heavy atom. The lowest BCUT2D eigenvalue weighted by molar-refractivity contribution is 0.865. The van der Waals surface area contributed by atoms with E-state index in [0.717, 1.165) is 21.4 Å². The van der Waals surface area contributed by atoms with Gasteiger partial charge < -0.3 is 0 Å². The van der Waals surface area contributed by atoms with Crippen LogP contribution in [0.1, 0.15) is 0 Å². The fourth-order valence-electron chi connectivity index (χ4n) is 4.20. The summed E-state index contributed by atoms with van der Waals surface area (Å²) in [7, 11) is 0. The second kappa shape index (κ2) is 9.22. The van der Waals surface area contributed by atoms with E-state index in [0.29, 0.717) is 33.1 Å². The summed E-state index contributed by atoms with van der Waals surface area (Å²) in [5.74, 6) is 0.485. The number of aromatic nitrogens is 4. The van der Waals surface area contributed by atoms with E-state index in [4.69, 9.17) is 21.7 Å². The zero-order valence-electron chi connectivity index (χ0n) is 18.8. The van der Waals surface area contributed by atoms with Crippen LogP contribution >= 0.6 is 27.5 Å². The lowest BCUT2D eigenvalue weighted by Crippen LogP contribution is -2.22. The van der Waals surface area contributed by atoms with Gasteiger partial charge in [-0.2, -0.15) is 5.10 Å². The van der Waals surface area contributed by atoms with Crippen molar-refractivity contribution in [2.75, 3.05) is 0 Å². The maximum absolute atomic E-state index is 13.8. The van der Waals surface area contributed by atoms with Gasteiger partial charge in [-0.25, -0.2) is 9.67 Å². The van der Waals surface area contributed by atoms with E-state index in [1.54, 1.807) is 22.8 Å². The molecule has 0 saturated heterocycles. The van der Waals surface area contributed by atoms with Gasteiger partial charge in [0.15, 0.2) is 5.82 Å². The predicted octanol–water partition coefficient (Wildman–Crippen LogP) is 7.32. The summed E-state index contributed by atoms with van der Waals surface area (Å²) < 4.78 is 4.42. The van der Waals surface area contributed by atoms with Gasteiger partial charge in [0.25, 0.3) is 5.56 Å². The molecule has 0 aliphatic heterocycles. The Hall–Kier alpha value is -4.00. The molecule has 0 aliphatic rings. The van der Waals surface area contributed by atoms with Gasteiger partial charge in [-0.1, -0.05) is 70.0 Å². The number of hydrogen-bond acceptors (Lipinski definition) is 3. The molecule has 0 fully saturated rings. The van der Waals surface area contributed by atoms with Crippen molar-refractivity contribution in [2.45, 2.75) is 0 Å². The van der Waals surface area contributed by atoms with Gasteiger partial charge in [0.05, 0.1) is 28.0 Å². The van der Waals surface area contributed by atoms with Gasteiger partial charge in [0.2, 0.25) is 0 Å². The lowest BCUT2D eigenvalue weighted by atomic mass is 10.1. The summed E-state index contributed by atoms with van der Waals surface area (Å²) in [6, 6.07) is 34.3. The maximum Gasteiger partial charge on any atom is 0.266 e. The van der Waals surface area contributed by atoms with Crippen LogP contribution in [-0.4, -0.2) is 19.3 Å². The Morgan fingerprint density at radius 2 is 1.42 bits per heavy atom. The molecule has 7 heteroatoms. The van der Waals surface area contributed by atoms with E-state index in [1.165, 1.54) is 0 Å². The van der Waals surface area contributed by atoms with Crippen LogP contribution < -0.4 is 5.56 Å². The molecule has 0 atom stereocenters. The average molecular weight is 554 g/mol. The molecule has 0 bridgehead atoms. The minimum atomic E-state index is -0.164. The molecule has 36 heavy (non-hydrogen) atoms. The number of para-hydroxylation sites is 1. The molecule has 2 heterocycles. The highest BCUT2D eigenvalue weighted by molar-refractivity contribution is 9.10. The maximum atomic E-state index is 13.8. The van der Waals surface area contributed by atoms with E-state index in [2.05, 4.69) is 15.9 Å². The standard InChI is InChI=1S/C29H18BrClN4O/c30-20-10-14-23(15-11-20)35-27(18-26(33-35)19-6-2-1-3-7-19)28-32-25-9-5-4-8-24(25)29(36)34(28)22-16-12-21(31)13-17-22/h1-18H. The number of halogens is 2. The highest BCUT2D eigenvalue weighted by atomic mass is 79.9. The summed E-state index contributed by atoms with van der Waals surface area (Å²) in [6.45, 7) is 0. The third-order valence-corrected chi connectivity index (χ3v) is 6.72. The van der Waals surface area contributed by atoms with Crippen molar-refractivity contribution in [1.29, 1.82) is 0 Å². The Kier molecular flexibility index (Phi) is 5.76. The second-order valence-corrected chi connectivity index (χ2v) is 9.59. The van der Waals surface area contributed by atoms with Crippen LogP contribution in [0.25, 0.3) is 45.1 Å². The highest BCUT2D eigenvalue weighted by Crippen LogP contribution is 2.30. The van der Waals surface area contributed by atoms with Gasteiger partial charge >= 0.3 is 0 Å². The van der Waals surface area contributed by atoms with Crippen molar-refractivity contribution >= 4 is 38.4 Å². The predicted molar refractivity (Wildman–Crippen MR) is 148 cm³/mol. The molecular weight excluding hydrogens is 536 g/mol. The molecule has 4 aromatic carbocycles. The molecule has 174 valence electrons. The Labute approximate surface area is 220 Å². The highest BCUT2D eigenvalue weighted by Gasteiger charge is 2.21. The largest absolute Gasteiger partial charge is 0.268 e. The van der Waals surface area contributed by atoms with Crippen LogP contribution in [-0.2, 0) is 0 Å². The summed E-state index contributed by atoms with van der Waals surface area (Å²) in [5.41, 5.74) is 4.40. The van der Waals surface area contributed by atoms with E-state index >= 15 is 0 Å². The van der Waals surface area contributed by atoms with E-state index in [-0.39, 0.29) is 5.56 Å². The van der Waals surface area contributed by atoms with Crippen LogP contribution in [0, 0.1) is 0 Å². The van der Waals surface area contributed by atoms with Gasteiger partial charge in [0, 0.05) is 15.1 Å². The summed E-state index contributed by atoms with van der Waals surface area (Å²) in [4.78, 5) is 18.8. The van der Waals surface area contributed by atoms with E-state index in [1.807, 2.05) is 95.7 Å². The second-order valence-electron chi connectivity index (χ2n) is 8.24. The topological polar surface area (TPSA) is 52.7 Å². The summed E-state index contributed by atoms with van der Waals surface area (Å²) >= 11 is 9.67. The molecule has 6 aromatic rings. The molecule has 0 amide bonds. The molecule has 6 rings (SSSR count). The van der Waals surface area contributed by atoms with Gasteiger partial charge in [0.1, 0.15) is 5.69 Å². The molecule has 0 N–H and O–H groups in total. The number of hydrogen-bond donors (Lipinski definition) is 0. The minimum Gasteiger partial charge on any atom is -0.268 e. The third kappa shape index (κ3) is 4.04. The third-order valence-electron chi connectivity index (χ3n) is 5.94. The molecular formula is C29H18BrClN4O. The van der Waals surface area contributed by atoms with Crippen molar-refractivity contribution in [3.05, 3.63) is 129 Å². The van der Waals surface area contributed by atoms with Gasteiger partial charge in [-0.3, -0.25) is 9.36 Å². The Bertz CT molecular complexity index is 1760. The number of nitrogens with zero attached hydrogens (tertiary/aromatic N) is 4. The van der Waals surface area contributed by atoms with Crippen LogP contribution in [0.5, 0.6) is 0 Å². The number of benzene rings is 4. The first-order valence-electron chi connectivity index (χ1n) is 11.3. The van der Waals surface area contributed by atoms with Crippen molar-refractivity contribution in [1.82, 2.24) is 19.3 Å². The van der Waals surface area contributed by atoms with Gasteiger partial charge in [-0.05, 0) is 66.7 Å². The lowest BCUT2D eigenvalue weighted by Gasteiger charge is -2.15. The normalized spacial score (nSPS) is 11.2. The summed E-state index contributed by atoms with van der Waals surface area (Å²) in [6.07, 6.45) is 0. The van der Waals surface area contributed by atoms with E-state index < -0.39 is 0 Å². The number of rotatable bonds is 4. The smallest absolute Gasteiger partial charge is 0.266 e. The molecule has 0 aliphatic carbocycles. The first kappa shape index (κ1) is 22.5. The quantitative estimate of drug-likeness (QED) is 0.230. The SMILES string of the molecule is O=c1c2ccccc2nc(-c2cc(-c3ccccc3)nn2-c2ccc(Br)cc2)n1-c1ccc(Cl)cc1. The molecule has 0 spiro atoms. The van der Waals surface area contributed by atoms with Crippen molar-refractivity contribution in [3.8, 4) is 34.2 Å². The zero-order chi connectivity index (χ0) is 24.6. The average Bonchev–Trinajstić information content (AvgIpc) is 3.36. The fourth-order valence-corrected chi connectivity index (χ4v) is 4.59. The van der Waals surface area contributed by atoms with Crippen LogP contribution in [0.2, 0.25) is 5.02 Å². The first-order valence-corrected chi connectivity index (χ1v) is 12.5. The van der Waals surface area contributed by atoms with Crippen LogP contribution in [0.15, 0.2) is 118 Å². The minimum absolute atomic E-state index is 0.164. The monoisotopic (exact) mass is 552 g/mol. The van der Waals surface area contributed by atoms with Crippen molar-refractivity contribution in [2.24, 2.45) is 0 Å². The molecule has 2 aromatic heterocycles. The molecule has 5 nitrogen and oxygen atoms in total. The van der Waals surface area contributed by atoms with Crippen LogP contribution in [0.4, 0.5) is 0 Å². The number of fused-ring (bicyclic) bond motifs is 1. The van der Waals surface area contributed by atoms with Crippen molar-refractivity contribution in [3.63, 3.8) is 0 Å².